The number of rotatable bonds is 11. The second-order valence-electron chi connectivity index (χ2n) is 9.86. The molecule has 0 spiro atoms. The maximum atomic E-state index is 11.9. The van der Waals surface area contributed by atoms with Crippen LogP contribution in [0.25, 0.3) is 0 Å². The quantitative estimate of drug-likeness (QED) is 0.184. The fraction of sp³-hybridized carbons (Fsp3) is 0.800. The Bertz CT molecular complexity index is 544. The Morgan fingerprint density at radius 2 is 1.34 bits per heavy atom. The third kappa shape index (κ3) is 13.2. The van der Waals surface area contributed by atoms with Crippen LogP contribution >= 0.6 is 0 Å². The zero-order chi connectivity index (χ0) is 22.1. The van der Waals surface area contributed by atoms with Gasteiger partial charge in [-0.1, -0.05) is 6.42 Å². The lowest BCUT2D eigenvalue weighted by atomic mass is 9.98. The summed E-state index contributed by atoms with van der Waals surface area (Å²) in [6.45, 7) is 15.4. The number of ether oxygens (including phenoxy) is 2. The molecular formula is C20H40O6Si3. The number of esters is 2. The van der Waals surface area contributed by atoms with Gasteiger partial charge in [-0.25, -0.2) is 9.59 Å². The highest BCUT2D eigenvalue weighted by atomic mass is 28.5. The fourth-order valence-corrected chi connectivity index (χ4v) is 16.1. The van der Waals surface area contributed by atoms with Gasteiger partial charge in [-0.2, -0.15) is 0 Å². The molecule has 168 valence electrons. The molecule has 0 aromatic rings. The molecule has 1 fully saturated rings. The Kier molecular flexibility index (Phi) is 10.5. The molecule has 0 amide bonds. The first-order valence-corrected chi connectivity index (χ1v) is 20.1. The molecule has 0 aromatic heterocycles. The molecule has 0 aromatic carbocycles. The lowest BCUT2D eigenvalue weighted by Gasteiger charge is -2.38. The van der Waals surface area contributed by atoms with Gasteiger partial charge < -0.3 is 17.7 Å². The second kappa shape index (κ2) is 11.6. The Morgan fingerprint density at radius 3 is 1.86 bits per heavy atom. The average Bonchev–Trinajstić information content (AvgIpc) is 2.54. The lowest BCUT2D eigenvalue weighted by Crippen LogP contribution is -2.52. The highest BCUT2D eigenvalue weighted by molar-refractivity contribution is 6.87. The molecule has 0 bridgehead atoms. The van der Waals surface area contributed by atoms with Gasteiger partial charge in [0, 0.05) is 12.2 Å². The predicted octanol–water partition coefficient (Wildman–Crippen LogP) is 5.13. The molecule has 9 heteroatoms. The van der Waals surface area contributed by atoms with Gasteiger partial charge in [-0.15, -0.1) is 0 Å². The summed E-state index contributed by atoms with van der Waals surface area (Å²) < 4.78 is 23.5. The number of hydrogen-bond acceptors (Lipinski definition) is 6. The standard InChI is InChI=1S/C20H40O6Si3/c1-27(2,3)25-29(7,26-28(4,5)6)17-11-16-23-19(21)14-15-20(22)24-18-12-9-8-10-13-18/h14-15,18H,8-13,16-17H2,1-7H3/b15-14+. The van der Waals surface area contributed by atoms with E-state index in [2.05, 4.69) is 45.8 Å². The summed E-state index contributed by atoms with van der Waals surface area (Å²) in [5.74, 6) is -0.993. The van der Waals surface area contributed by atoms with Crippen molar-refractivity contribution < 1.29 is 27.3 Å². The van der Waals surface area contributed by atoms with E-state index in [-0.39, 0.29) is 12.7 Å². The highest BCUT2D eigenvalue weighted by Crippen LogP contribution is 2.25. The van der Waals surface area contributed by atoms with E-state index in [0.29, 0.717) is 6.42 Å². The van der Waals surface area contributed by atoms with Crippen molar-refractivity contribution in [2.24, 2.45) is 0 Å². The zero-order valence-electron chi connectivity index (χ0n) is 19.3. The molecule has 0 unspecified atom stereocenters. The van der Waals surface area contributed by atoms with Crippen molar-refractivity contribution in [3.8, 4) is 0 Å². The fourth-order valence-electron chi connectivity index (χ4n) is 3.56. The average molecular weight is 461 g/mol. The molecule has 0 atom stereocenters. The molecule has 0 saturated heterocycles. The molecule has 0 heterocycles. The van der Waals surface area contributed by atoms with E-state index >= 15 is 0 Å². The van der Waals surface area contributed by atoms with Crippen LogP contribution in [-0.2, 0) is 27.3 Å². The van der Waals surface area contributed by atoms with Gasteiger partial charge >= 0.3 is 20.5 Å². The van der Waals surface area contributed by atoms with E-state index in [1.165, 1.54) is 12.5 Å². The maximum Gasteiger partial charge on any atom is 0.331 e. The molecule has 1 rings (SSSR count). The Morgan fingerprint density at radius 1 is 0.828 bits per heavy atom. The van der Waals surface area contributed by atoms with E-state index < -0.39 is 37.1 Å². The normalized spacial score (nSPS) is 16.8. The van der Waals surface area contributed by atoms with Gasteiger partial charge in [0.15, 0.2) is 16.6 Å². The summed E-state index contributed by atoms with van der Waals surface area (Å²) in [6.07, 6.45) is 8.18. The molecule has 29 heavy (non-hydrogen) atoms. The van der Waals surface area contributed by atoms with Crippen molar-refractivity contribution in [2.45, 2.75) is 96.5 Å². The van der Waals surface area contributed by atoms with Gasteiger partial charge in [0.05, 0.1) is 6.61 Å². The van der Waals surface area contributed by atoms with Crippen LogP contribution in [0.2, 0.25) is 51.9 Å². The van der Waals surface area contributed by atoms with E-state index in [1.807, 2.05) is 0 Å². The van der Waals surface area contributed by atoms with Crippen LogP contribution in [0.1, 0.15) is 38.5 Å². The van der Waals surface area contributed by atoms with Crippen LogP contribution in [0.4, 0.5) is 0 Å². The van der Waals surface area contributed by atoms with Crippen LogP contribution in [-0.4, -0.2) is 49.8 Å². The van der Waals surface area contributed by atoms with Gasteiger partial charge in [0.25, 0.3) is 0 Å². The largest absolute Gasteiger partial charge is 0.463 e. The van der Waals surface area contributed by atoms with Gasteiger partial charge in [0.2, 0.25) is 0 Å². The predicted molar refractivity (Wildman–Crippen MR) is 123 cm³/mol. The number of carbonyl (C=O) groups excluding carboxylic acids is 2. The topological polar surface area (TPSA) is 71.1 Å². The summed E-state index contributed by atoms with van der Waals surface area (Å²) in [6, 6.07) is 0.780. The van der Waals surface area contributed by atoms with Crippen molar-refractivity contribution in [3.05, 3.63) is 12.2 Å². The monoisotopic (exact) mass is 460 g/mol. The smallest absolute Gasteiger partial charge is 0.331 e. The molecule has 1 aliphatic carbocycles. The number of carbonyl (C=O) groups is 2. The van der Waals surface area contributed by atoms with E-state index in [1.54, 1.807) is 0 Å². The van der Waals surface area contributed by atoms with E-state index in [9.17, 15) is 9.59 Å². The first kappa shape index (κ1) is 26.3. The van der Waals surface area contributed by atoms with Crippen LogP contribution in [0.3, 0.4) is 0 Å². The third-order valence-electron chi connectivity index (χ3n) is 4.25. The summed E-state index contributed by atoms with van der Waals surface area (Å²) in [5.41, 5.74) is 0. The highest BCUT2D eigenvalue weighted by Gasteiger charge is 2.39. The van der Waals surface area contributed by atoms with E-state index in [0.717, 1.165) is 37.8 Å². The summed E-state index contributed by atoms with van der Waals surface area (Å²) in [5, 5.41) is 0. The van der Waals surface area contributed by atoms with Gasteiger partial charge in [-0.3, -0.25) is 0 Å². The summed E-state index contributed by atoms with van der Waals surface area (Å²) in [4.78, 5) is 23.7. The maximum absolute atomic E-state index is 11.9. The minimum Gasteiger partial charge on any atom is -0.463 e. The summed E-state index contributed by atoms with van der Waals surface area (Å²) in [7, 11) is -5.77. The SMILES string of the molecule is C[Si](C)(C)O[Si](C)(CCCOC(=O)/C=C/C(=O)OC1CCCCC1)O[Si](C)(C)C. The molecule has 6 nitrogen and oxygen atoms in total. The molecular weight excluding hydrogens is 420 g/mol. The van der Waals surface area contributed by atoms with Crippen molar-refractivity contribution in [2.75, 3.05) is 6.61 Å². The molecule has 1 aliphatic rings. The van der Waals surface area contributed by atoms with Crippen LogP contribution in [0.15, 0.2) is 12.2 Å². The molecule has 1 saturated carbocycles. The van der Waals surface area contributed by atoms with E-state index in [4.69, 9.17) is 17.7 Å². The lowest BCUT2D eigenvalue weighted by molar-refractivity contribution is -0.145. The van der Waals surface area contributed by atoms with Crippen molar-refractivity contribution in [1.82, 2.24) is 0 Å². The van der Waals surface area contributed by atoms with Gasteiger partial charge in [0.1, 0.15) is 6.10 Å². The second-order valence-corrected chi connectivity index (χ2v) is 22.7. The summed E-state index contributed by atoms with van der Waals surface area (Å²) >= 11 is 0. The van der Waals surface area contributed by atoms with Crippen molar-refractivity contribution >= 4 is 37.1 Å². The van der Waals surface area contributed by atoms with Crippen molar-refractivity contribution in [3.63, 3.8) is 0 Å². The first-order chi connectivity index (χ1) is 13.3. The zero-order valence-corrected chi connectivity index (χ0v) is 22.3. The minimum absolute atomic E-state index is 0.0164. The van der Waals surface area contributed by atoms with Crippen LogP contribution < -0.4 is 0 Å². The molecule has 0 aliphatic heterocycles. The van der Waals surface area contributed by atoms with Crippen molar-refractivity contribution in [1.29, 1.82) is 0 Å². The Balaban J connectivity index is 2.39. The Hall–Kier alpha value is -0.749. The first-order valence-electron chi connectivity index (χ1n) is 10.7. The van der Waals surface area contributed by atoms with Crippen LogP contribution in [0, 0.1) is 0 Å². The van der Waals surface area contributed by atoms with Gasteiger partial charge in [-0.05, 0) is 84.0 Å². The number of hydrogen-bond donors (Lipinski definition) is 0. The molecule has 0 N–H and O–H groups in total. The minimum atomic E-state index is -2.31. The molecule has 0 radical (unpaired) electrons. The van der Waals surface area contributed by atoms with Crippen LogP contribution in [0.5, 0.6) is 0 Å². The third-order valence-corrected chi connectivity index (χ3v) is 13.9. The Labute approximate surface area is 179 Å².